The Morgan fingerprint density at radius 3 is 2.26 bits per heavy atom. The summed E-state index contributed by atoms with van der Waals surface area (Å²) in [7, 11) is -1.27. The summed E-state index contributed by atoms with van der Waals surface area (Å²) in [5.41, 5.74) is 0.982. The fourth-order valence-electron chi connectivity index (χ4n) is 3.97. The Morgan fingerprint density at radius 2 is 1.64 bits per heavy atom. The molecule has 9 nitrogen and oxygen atoms in total. The van der Waals surface area contributed by atoms with Crippen LogP contribution in [0, 0.1) is 0 Å². The first-order valence-electron chi connectivity index (χ1n) is 12.2. The fraction of sp³-hybridized carbons (Fsp3) is 0.286. The fourth-order valence-corrected chi connectivity index (χ4v) is 5.84. The molecule has 1 atom stereocenters. The molecule has 0 radical (unpaired) electrons. The van der Waals surface area contributed by atoms with Gasteiger partial charge in [-0.1, -0.05) is 46.3 Å². The molecule has 11 heteroatoms. The van der Waals surface area contributed by atoms with Gasteiger partial charge in [0.2, 0.25) is 11.8 Å². The number of anilines is 1. The lowest BCUT2D eigenvalue weighted by Crippen LogP contribution is -2.51. The average Bonchev–Trinajstić information content (AvgIpc) is 2.94. The number of carbonyl (C=O) groups is 2. The molecular weight excluding hydrogens is 586 g/mol. The maximum atomic E-state index is 13.9. The summed E-state index contributed by atoms with van der Waals surface area (Å²) in [6.07, 6.45) is 0. The van der Waals surface area contributed by atoms with Gasteiger partial charge in [-0.3, -0.25) is 13.9 Å². The van der Waals surface area contributed by atoms with Crippen molar-refractivity contribution in [1.82, 2.24) is 10.2 Å². The van der Waals surface area contributed by atoms with Gasteiger partial charge in [0.15, 0.2) is 11.5 Å². The van der Waals surface area contributed by atoms with Gasteiger partial charge >= 0.3 is 0 Å². The number of halogens is 1. The third kappa shape index (κ3) is 7.30. The van der Waals surface area contributed by atoms with Crippen LogP contribution in [0.15, 0.2) is 82.2 Å². The molecule has 0 aliphatic rings. The van der Waals surface area contributed by atoms with E-state index in [9.17, 15) is 18.0 Å². The topological polar surface area (TPSA) is 105 Å². The third-order valence-electron chi connectivity index (χ3n) is 6.03. The zero-order valence-corrected chi connectivity index (χ0v) is 24.7. The highest BCUT2D eigenvalue weighted by Gasteiger charge is 2.32. The van der Waals surface area contributed by atoms with Crippen LogP contribution in [0.5, 0.6) is 11.5 Å². The molecule has 0 saturated heterocycles. The molecule has 3 rings (SSSR count). The highest BCUT2D eigenvalue weighted by molar-refractivity contribution is 9.10. The number of rotatable bonds is 12. The maximum absolute atomic E-state index is 13.9. The zero-order chi connectivity index (χ0) is 28.6. The molecule has 0 fully saturated rings. The Morgan fingerprint density at radius 1 is 0.949 bits per heavy atom. The van der Waals surface area contributed by atoms with E-state index in [1.165, 1.54) is 37.3 Å². The lowest BCUT2D eigenvalue weighted by molar-refractivity contribution is -0.139. The summed E-state index contributed by atoms with van der Waals surface area (Å²) >= 11 is 3.44. The van der Waals surface area contributed by atoms with Crippen LogP contribution < -0.4 is 19.1 Å². The lowest BCUT2D eigenvalue weighted by Gasteiger charge is -2.32. The Kier molecular flexibility index (Phi) is 10.4. The molecular formula is C28H32BrN3O6S. The van der Waals surface area contributed by atoms with Crippen LogP contribution in [-0.2, 0) is 26.2 Å². The summed E-state index contributed by atoms with van der Waals surface area (Å²) in [6.45, 7) is 3.35. The van der Waals surface area contributed by atoms with Crippen molar-refractivity contribution in [2.45, 2.75) is 31.3 Å². The molecule has 0 aliphatic carbocycles. The molecule has 0 bridgehead atoms. The zero-order valence-electron chi connectivity index (χ0n) is 22.3. The first-order valence-corrected chi connectivity index (χ1v) is 14.5. The van der Waals surface area contributed by atoms with E-state index in [-0.39, 0.29) is 23.0 Å². The van der Waals surface area contributed by atoms with Crippen LogP contribution in [0.25, 0.3) is 0 Å². The number of hydrogen-bond donors (Lipinski definition) is 1. The van der Waals surface area contributed by atoms with E-state index in [2.05, 4.69) is 21.2 Å². The number of ether oxygens (including phenoxy) is 2. The summed E-state index contributed by atoms with van der Waals surface area (Å²) in [5.74, 6) is -0.185. The number of hydrogen-bond acceptors (Lipinski definition) is 6. The molecule has 0 aromatic heterocycles. The average molecular weight is 619 g/mol. The number of amides is 2. The van der Waals surface area contributed by atoms with Crippen molar-refractivity contribution >= 4 is 43.5 Å². The number of nitrogens with one attached hydrogen (secondary N) is 1. The number of methoxy groups -OCH3 is 2. The van der Waals surface area contributed by atoms with Crippen molar-refractivity contribution in [2.24, 2.45) is 0 Å². The number of benzene rings is 3. The molecule has 2 amide bonds. The van der Waals surface area contributed by atoms with Crippen molar-refractivity contribution in [3.8, 4) is 11.5 Å². The first kappa shape index (κ1) is 30.0. The van der Waals surface area contributed by atoms with Gasteiger partial charge in [0.25, 0.3) is 10.0 Å². The quantitative estimate of drug-likeness (QED) is 0.326. The van der Waals surface area contributed by atoms with E-state index in [0.29, 0.717) is 18.0 Å². The van der Waals surface area contributed by atoms with Gasteiger partial charge in [-0.05, 0) is 55.8 Å². The van der Waals surface area contributed by atoms with E-state index in [4.69, 9.17) is 9.47 Å². The molecule has 1 unspecified atom stereocenters. The van der Waals surface area contributed by atoms with Crippen molar-refractivity contribution in [2.75, 3.05) is 31.6 Å². The van der Waals surface area contributed by atoms with Gasteiger partial charge in [0, 0.05) is 23.6 Å². The second-order valence-electron chi connectivity index (χ2n) is 8.59. The Hall–Kier alpha value is -3.57. The van der Waals surface area contributed by atoms with E-state index in [1.54, 1.807) is 44.2 Å². The summed E-state index contributed by atoms with van der Waals surface area (Å²) in [5, 5.41) is 2.74. The molecule has 208 valence electrons. The minimum Gasteiger partial charge on any atom is -0.493 e. The van der Waals surface area contributed by atoms with Gasteiger partial charge < -0.3 is 19.7 Å². The van der Waals surface area contributed by atoms with Crippen molar-refractivity contribution in [3.63, 3.8) is 0 Å². The summed E-state index contributed by atoms with van der Waals surface area (Å²) < 4.78 is 40.2. The monoisotopic (exact) mass is 617 g/mol. The van der Waals surface area contributed by atoms with Gasteiger partial charge in [0.05, 0.1) is 24.8 Å². The molecule has 0 saturated carbocycles. The Balaban J connectivity index is 2.08. The predicted octanol–water partition coefficient (Wildman–Crippen LogP) is 4.22. The molecule has 3 aromatic rings. The second kappa shape index (κ2) is 13.5. The SMILES string of the molecule is CCNC(=O)C(C)N(Cc1cccc(Br)c1)C(=O)CN(c1ccc(OC)c(OC)c1)S(=O)(=O)c1ccccc1. The number of likely N-dealkylation sites (N-methyl/N-ethyl adjacent to an activating group) is 1. The highest BCUT2D eigenvalue weighted by atomic mass is 79.9. The molecule has 1 N–H and O–H groups in total. The van der Waals surface area contributed by atoms with E-state index in [1.807, 2.05) is 24.3 Å². The summed E-state index contributed by atoms with van der Waals surface area (Å²) in [6, 6.07) is 19.0. The van der Waals surface area contributed by atoms with Crippen LogP contribution in [0.4, 0.5) is 5.69 Å². The van der Waals surface area contributed by atoms with Crippen LogP contribution >= 0.6 is 15.9 Å². The van der Waals surface area contributed by atoms with Crippen molar-refractivity contribution < 1.29 is 27.5 Å². The number of carbonyl (C=O) groups excluding carboxylic acids is 2. The molecule has 0 heterocycles. The van der Waals surface area contributed by atoms with Crippen molar-refractivity contribution in [1.29, 1.82) is 0 Å². The van der Waals surface area contributed by atoms with Crippen LogP contribution in [-0.4, -0.2) is 58.5 Å². The summed E-state index contributed by atoms with van der Waals surface area (Å²) in [4.78, 5) is 28.1. The third-order valence-corrected chi connectivity index (χ3v) is 8.31. The molecule has 3 aromatic carbocycles. The standard InChI is InChI=1S/C28H32BrN3O6S/c1-5-30-28(34)20(2)31(18-21-10-9-11-22(29)16-21)27(33)19-32(39(35,36)24-12-7-6-8-13-24)23-14-15-25(37-3)26(17-23)38-4/h6-17,20H,5,18-19H2,1-4H3,(H,30,34). The van der Waals surface area contributed by atoms with E-state index < -0.39 is 28.5 Å². The van der Waals surface area contributed by atoms with Crippen LogP contribution in [0.3, 0.4) is 0 Å². The minimum absolute atomic E-state index is 0.0166. The van der Waals surface area contributed by atoms with E-state index >= 15 is 0 Å². The molecule has 39 heavy (non-hydrogen) atoms. The van der Waals surface area contributed by atoms with Gasteiger partial charge in [0.1, 0.15) is 12.6 Å². The highest BCUT2D eigenvalue weighted by Crippen LogP contribution is 2.34. The van der Waals surface area contributed by atoms with Gasteiger partial charge in [-0.2, -0.15) is 0 Å². The Labute approximate surface area is 237 Å². The number of nitrogens with zero attached hydrogens (tertiary/aromatic N) is 2. The largest absolute Gasteiger partial charge is 0.493 e. The smallest absolute Gasteiger partial charge is 0.264 e. The molecule has 0 spiro atoms. The van der Waals surface area contributed by atoms with Crippen molar-refractivity contribution in [3.05, 3.63) is 82.8 Å². The first-order chi connectivity index (χ1) is 18.6. The number of sulfonamides is 1. The lowest BCUT2D eigenvalue weighted by atomic mass is 10.1. The van der Waals surface area contributed by atoms with Gasteiger partial charge in [-0.15, -0.1) is 0 Å². The van der Waals surface area contributed by atoms with Gasteiger partial charge in [-0.25, -0.2) is 8.42 Å². The second-order valence-corrected chi connectivity index (χ2v) is 11.4. The normalized spacial score (nSPS) is 11.8. The van der Waals surface area contributed by atoms with E-state index in [0.717, 1.165) is 14.3 Å². The predicted molar refractivity (Wildman–Crippen MR) is 153 cm³/mol. The Bertz CT molecular complexity index is 1400. The molecule has 0 aliphatic heterocycles. The minimum atomic E-state index is -4.18. The van der Waals surface area contributed by atoms with Crippen LogP contribution in [0.2, 0.25) is 0 Å². The maximum Gasteiger partial charge on any atom is 0.264 e. The van der Waals surface area contributed by atoms with Crippen LogP contribution in [0.1, 0.15) is 19.4 Å².